The van der Waals surface area contributed by atoms with Crippen molar-refractivity contribution in [3.05, 3.63) is 35.4 Å². The molecule has 1 unspecified atom stereocenters. The first-order valence-electron chi connectivity index (χ1n) is 6.11. The lowest BCUT2D eigenvalue weighted by Crippen LogP contribution is -2.19. The van der Waals surface area contributed by atoms with Crippen LogP contribution in [0.3, 0.4) is 0 Å². The first-order chi connectivity index (χ1) is 7.74. The van der Waals surface area contributed by atoms with Crippen LogP contribution in [0, 0.1) is 11.8 Å². The van der Waals surface area contributed by atoms with Crippen LogP contribution in [0.25, 0.3) is 0 Å². The van der Waals surface area contributed by atoms with Gasteiger partial charge in [-0.3, -0.25) is 0 Å². The predicted octanol–water partition coefficient (Wildman–Crippen LogP) is 3.50. The van der Waals surface area contributed by atoms with Gasteiger partial charge in [0.15, 0.2) is 0 Å². The fourth-order valence-corrected chi connectivity index (χ4v) is 1.35. The smallest absolute Gasteiger partial charge is 0.122 e. The Hall–Kier alpha value is -1.26. The van der Waals surface area contributed by atoms with Gasteiger partial charge >= 0.3 is 0 Å². The summed E-state index contributed by atoms with van der Waals surface area (Å²) < 4.78 is 0. The van der Waals surface area contributed by atoms with Crippen LogP contribution in [0.2, 0.25) is 0 Å². The quantitative estimate of drug-likeness (QED) is 0.732. The van der Waals surface area contributed by atoms with Crippen molar-refractivity contribution < 1.29 is 5.11 Å². The molecule has 0 spiro atoms. The average Bonchev–Trinajstić information content (AvgIpc) is 2.26. The van der Waals surface area contributed by atoms with Gasteiger partial charge in [0.1, 0.15) is 5.60 Å². The zero-order chi connectivity index (χ0) is 13.1. The Morgan fingerprint density at radius 1 is 1.06 bits per heavy atom. The molecule has 1 N–H and O–H groups in total. The van der Waals surface area contributed by atoms with Crippen molar-refractivity contribution in [2.75, 3.05) is 0 Å². The summed E-state index contributed by atoms with van der Waals surface area (Å²) in [7, 11) is 0. The fourth-order valence-electron chi connectivity index (χ4n) is 1.35. The van der Waals surface area contributed by atoms with Gasteiger partial charge < -0.3 is 5.11 Å². The van der Waals surface area contributed by atoms with Gasteiger partial charge in [-0.25, -0.2) is 0 Å². The molecule has 1 rings (SSSR count). The van der Waals surface area contributed by atoms with Crippen molar-refractivity contribution in [3.8, 4) is 11.8 Å². The lowest BCUT2D eigenvalue weighted by molar-refractivity contribution is 0.118. The van der Waals surface area contributed by atoms with Crippen LogP contribution in [-0.2, 0) is 5.41 Å². The van der Waals surface area contributed by atoms with Crippen molar-refractivity contribution in [1.29, 1.82) is 0 Å². The second-order valence-electron chi connectivity index (χ2n) is 5.70. The third kappa shape index (κ3) is 4.24. The van der Waals surface area contributed by atoms with Crippen molar-refractivity contribution >= 4 is 0 Å². The van der Waals surface area contributed by atoms with E-state index in [1.807, 2.05) is 19.1 Å². The number of benzene rings is 1. The van der Waals surface area contributed by atoms with Crippen LogP contribution < -0.4 is 0 Å². The summed E-state index contributed by atoms with van der Waals surface area (Å²) in [5.41, 5.74) is 1.53. The van der Waals surface area contributed by atoms with Crippen LogP contribution in [0.5, 0.6) is 0 Å². The van der Waals surface area contributed by atoms with Crippen LogP contribution in [-0.4, -0.2) is 10.7 Å². The molecule has 0 radical (unpaired) electrons. The van der Waals surface area contributed by atoms with Crippen LogP contribution in [0.15, 0.2) is 24.3 Å². The van der Waals surface area contributed by atoms with E-state index < -0.39 is 5.60 Å². The summed E-state index contributed by atoms with van der Waals surface area (Å²) in [6.07, 6.45) is 0.639. The van der Waals surface area contributed by atoms with E-state index in [9.17, 15) is 5.11 Å². The Balaban J connectivity index is 2.90. The van der Waals surface area contributed by atoms with Crippen LogP contribution in [0.1, 0.15) is 52.2 Å². The van der Waals surface area contributed by atoms with Crippen molar-refractivity contribution in [3.63, 3.8) is 0 Å². The fraction of sp³-hybridized carbons (Fsp3) is 0.500. The Morgan fingerprint density at radius 2 is 1.59 bits per heavy atom. The molecule has 0 heterocycles. The van der Waals surface area contributed by atoms with Gasteiger partial charge in [0.2, 0.25) is 0 Å². The molecule has 1 nitrogen and oxygen atoms in total. The van der Waals surface area contributed by atoms with E-state index in [1.165, 1.54) is 5.56 Å². The number of aliphatic hydroxyl groups is 1. The second kappa shape index (κ2) is 4.94. The molecule has 1 heteroatoms. The van der Waals surface area contributed by atoms with Crippen molar-refractivity contribution in [2.24, 2.45) is 0 Å². The zero-order valence-electron chi connectivity index (χ0n) is 11.5. The molecule has 0 aromatic heterocycles. The predicted molar refractivity (Wildman–Crippen MR) is 72.9 cm³/mol. The van der Waals surface area contributed by atoms with Gasteiger partial charge in [-0.2, -0.15) is 0 Å². The molecule has 0 aliphatic carbocycles. The van der Waals surface area contributed by atoms with E-state index in [-0.39, 0.29) is 5.41 Å². The van der Waals surface area contributed by atoms with E-state index in [0.29, 0.717) is 6.42 Å². The van der Waals surface area contributed by atoms with E-state index in [0.717, 1.165) is 5.56 Å². The van der Waals surface area contributed by atoms with Gasteiger partial charge in [0, 0.05) is 5.56 Å². The molecule has 1 aromatic carbocycles. The maximum absolute atomic E-state index is 9.79. The van der Waals surface area contributed by atoms with Crippen LogP contribution in [0.4, 0.5) is 0 Å². The minimum atomic E-state index is -0.886. The highest BCUT2D eigenvalue weighted by Gasteiger charge is 2.13. The van der Waals surface area contributed by atoms with E-state index in [1.54, 1.807) is 6.92 Å². The molecule has 0 amide bonds. The maximum Gasteiger partial charge on any atom is 0.122 e. The second-order valence-corrected chi connectivity index (χ2v) is 5.70. The van der Waals surface area contributed by atoms with E-state index in [4.69, 9.17) is 0 Å². The number of hydrogen-bond donors (Lipinski definition) is 1. The van der Waals surface area contributed by atoms with Crippen molar-refractivity contribution in [2.45, 2.75) is 52.1 Å². The highest BCUT2D eigenvalue weighted by atomic mass is 16.3. The molecule has 1 atom stereocenters. The van der Waals surface area contributed by atoms with Gasteiger partial charge in [0.05, 0.1) is 0 Å². The summed E-state index contributed by atoms with van der Waals surface area (Å²) in [5.74, 6) is 5.90. The highest BCUT2D eigenvalue weighted by Crippen LogP contribution is 2.22. The van der Waals surface area contributed by atoms with E-state index >= 15 is 0 Å². The average molecular weight is 230 g/mol. The lowest BCUT2D eigenvalue weighted by atomic mass is 9.87. The lowest BCUT2D eigenvalue weighted by Gasteiger charge is -2.18. The standard InChI is InChI=1S/C16H22O/c1-6-16(5,17)12-11-13-7-9-14(10-8-13)15(2,3)4/h7-10,17H,6H2,1-5H3. The third-order valence-electron chi connectivity index (χ3n) is 2.92. The third-order valence-corrected chi connectivity index (χ3v) is 2.92. The van der Waals surface area contributed by atoms with E-state index in [2.05, 4.69) is 44.7 Å². The SMILES string of the molecule is CCC(C)(O)C#Cc1ccc(C(C)(C)C)cc1. The monoisotopic (exact) mass is 230 g/mol. The highest BCUT2D eigenvalue weighted by molar-refractivity contribution is 5.39. The van der Waals surface area contributed by atoms with Gasteiger partial charge in [-0.05, 0) is 36.5 Å². The van der Waals surface area contributed by atoms with Gasteiger partial charge in [-0.15, -0.1) is 0 Å². The zero-order valence-corrected chi connectivity index (χ0v) is 11.5. The number of rotatable bonds is 1. The molecule has 0 fully saturated rings. The topological polar surface area (TPSA) is 20.2 Å². The van der Waals surface area contributed by atoms with Gasteiger partial charge in [0.25, 0.3) is 0 Å². The summed E-state index contributed by atoms with van der Waals surface area (Å²) in [4.78, 5) is 0. The molecular weight excluding hydrogens is 208 g/mol. The molecule has 0 saturated heterocycles. The summed E-state index contributed by atoms with van der Waals surface area (Å²) >= 11 is 0. The Kier molecular flexibility index (Phi) is 4.01. The largest absolute Gasteiger partial charge is 0.378 e. The Bertz CT molecular complexity index is 421. The normalized spacial score (nSPS) is 14.7. The first-order valence-corrected chi connectivity index (χ1v) is 6.11. The summed E-state index contributed by atoms with van der Waals surface area (Å²) in [6.45, 7) is 10.2. The molecule has 17 heavy (non-hydrogen) atoms. The molecule has 1 aromatic rings. The summed E-state index contributed by atoms with van der Waals surface area (Å²) in [5, 5.41) is 9.79. The molecule has 0 saturated carbocycles. The molecule has 0 bridgehead atoms. The van der Waals surface area contributed by atoms with Crippen LogP contribution >= 0.6 is 0 Å². The molecule has 92 valence electrons. The Labute approximate surface area is 105 Å². The molecular formula is C16H22O. The molecule has 0 aliphatic rings. The minimum Gasteiger partial charge on any atom is -0.378 e. The Morgan fingerprint density at radius 3 is 2.00 bits per heavy atom. The van der Waals surface area contributed by atoms with Crippen molar-refractivity contribution in [1.82, 2.24) is 0 Å². The number of hydrogen-bond acceptors (Lipinski definition) is 1. The first kappa shape index (κ1) is 13.8. The van der Waals surface area contributed by atoms with Gasteiger partial charge in [-0.1, -0.05) is 51.7 Å². The minimum absolute atomic E-state index is 0.168. The molecule has 0 aliphatic heterocycles. The maximum atomic E-state index is 9.79. The summed E-state index contributed by atoms with van der Waals surface area (Å²) in [6, 6.07) is 8.23.